The second kappa shape index (κ2) is 26.4. The molecule has 0 bridgehead atoms. The van der Waals surface area contributed by atoms with Gasteiger partial charge in [0, 0.05) is 75.0 Å². The molecule has 0 unspecified atom stereocenters. The number of carbonyl (C=O) groups excluding carboxylic acids is 10. The molecule has 3 aliphatic rings. The SMILES string of the molecule is CCSO[C@@H]1O[C@H](COC(C)=O)[C@@H](OC(C)=O)[C@H](OC(C)=O)[C@H]1O[C@@H]1O[C@H](COC(C)=O)[C@@H](O[C@H]2O[C@@H](COC(C)=O)[C@H](OC(C)=O)[C@@H](OC(C)=O)[C@@H]2OC(C)=O)[C@H](OC(C)=O)[C@H]1NC(C)=O. The normalized spacial score (nSPS) is 31.4. The average Bonchev–Trinajstić information content (AvgIpc) is 3.19. The number of rotatable bonds is 20. The van der Waals surface area contributed by atoms with E-state index in [-0.39, 0.29) is 0 Å². The summed E-state index contributed by atoms with van der Waals surface area (Å²) in [7, 11) is 0. The molecule has 378 valence electrons. The van der Waals surface area contributed by atoms with Crippen LogP contribution in [0.5, 0.6) is 0 Å². The third-order valence-corrected chi connectivity index (χ3v) is 9.79. The van der Waals surface area contributed by atoms with Crippen molar-refractivity contribution < 1.29 is 118 Å². The van der Waals surface area contributed by atoms with Crippen molar-refractivity contribution in [3.63, 3.8) is 0 Å². The zero-order chi connectivity index (χ0) is 50.3. The minimum absolute atomic E-state index is 0.318. The molecule has 0 radical (unpaired) electrons. The minimum atomic E-state index is -1.94. The van der Waals surface area contributed by atoms with Crippen LogP contribution in [0.2, 0.25) is 0 Å². The molecule has 26 nitrogen and oxygen atoms in total. The lowest BCUT2D eigenvalue weighted by Crippen LogP contribution is -2.70. The van der Waals surface area contributed by atoms with Gasteiger partial charge in [0.05, 0.1) is 0 Å². The van der Waals surface area contributed by atoms with Crippen molar-refractivity contribution in [3.8, 4) is 0 Å². The lowest BCUT2D eigenvalue weighted by Gasteiger charge is -2.50. The molecule has 27 heteroatoms. The Morgan fingerprint density at radius 3 is 1.15 bits per heavy atom. The highest BCUT2D eigenvalue weighted by Gasteiger charge is 2.59. The predicted molar refractivity (Wildman–Crippen MR) is 216 cm³/mol. The molecular weight excluding hydrogens is 926 g/mol. The molecule has 3 fully saturated rings. The van der Waals surface area contributed by atoms with Gasteiger partial charge in [-0.1, -0.05) is 6.92 Å². The summed E-state index contributed by atoms with van der Waals surface area (Å²) >= 11 is 0.857. The molecule has 3 saturated heterocycles. The molecule has 1 N–H and O–H groups in total. The van der Waals surface area contributed by atoms with Crippen LogP contribution in [0.4, 0.5) is 0 Å². The summed E-state index contributed by atoms with van der Waals surface area (Å²) in [6, 6.07) is -1.67. The van der Waals surface area contributed by atoms with Crippen LogP contribution in [0, 0.1) is 0 Å². The third kappa shape index (κ3) is 17.4. The van der Waals surface area contributed by atoms with Crippen LogP contribution in [-0.2, 0) is 118 Å². The molecule has 0 aliphatic carbocycles. The van der Waals surface area contributed by atoms with Crippen molar-refractivity contribution in [2.75, 3.05) is 25.6 Å². The van der Waals surface area contributed by atoms with Gasteiger partial charge in [0.25, 0.3) is 0 Å². The Morgan fingerprint density at radius 1 is 0.403 bits per heavy atom. The van der Waals surface area contributed by atoms with E-state index in [0.29, 0.717) is 5.75 Å². The number of amides is 1. The average molecular weight is 984 g/mol. The van der Waals surface area contributed by atoms with E-state index in [2.05, 4.69) is 5.32 Å². The Hall–Kier alpha value is -5.19. The summed E-state index contributed by atoms with van der Waals surface area (Å²) < 4.78 is 86.6. The van der Waals surface area contributed by atoms with E-state index >= 15 is 0 Å². The Labute approximate surface area is 388 Å². The monoisotopic (exact) mass is 983 g/mol. The van der Waals surface area contributed by atoms with Gasteiger partial charge in [-0.15, -0.1) is 0 Å². The van der Waals surface area contributed by atoms with Crippen molar-refractivity contribution in [2.24, 2.45) is 0 Å². The molecule has 3 heterocycles. The first kappa shape index (κ1) is 56.1. The molecule has 1 amide bonds. The largest absolute Gasteiger partial charge is 0.463 e. The third-order valence-electron chi connectivity index (χ3n) is 9.23. The van der Waals surface area contributed by atoms with E-state index in [1.54, 1.807) is 6.92 Å². The summed E-state index contributed by atoms with van der Waals surface area (Å²) in [4.78, 5) is 125. The Morgan fingerprint density at radius 2 is 0.746 bits per heavy atom. The number of ether oxygens (including phenoxy) is 14. The van der Waals surface area contributed by atoms with E-state index in [9.17, 15) is 47.9 Å². The fourth-order valence-corrected chi connectivity index (χ4v) is 7.50. The Kier molecular flexibility index (Phi) is 22.1. The van der Waals surface area contributed by atoms with E-state index in [1.807, 2.05) is 0 Å². The number of nitrogens with one attached hydrogen (secondary N) is 1. The molecule has 15 atom stereocenters. The lowest BCUT2D eigenvalue weighted by atomic mass is 9.94. The van der Waals surface area contributed by atoms with Crippen molar-refractivity contribution in [2.45, 2.75) is 168 Å². The van der Waals surface area contributed by atoms with Crippen LogP contribution in [0.25, 0.3) is 0 Å². The van der Waals surface area contributed by atoms with Crippen LogP contribution < -0.4 is 5.32 Å². The highest BCUT2D eigenvalue weighted by atomic mass is 32.2. The van der Waals surface area contributed by atoms with E-state index < -0.39 is 172 Å². The maximum absolute atomic E-state index is 13.0. The second-order valence-electron chi connectivity index (χ2n) is 14.9. The highest BCUT2D eigenvalue weighted by Crippen LogP contribution is 2.38. The number of esters is 9. The van der Waals surface area contributed by atoms with Gasteiger partial charge in [0.15, 0.2) is 55.3 Å². The lowest BCUT2D eigenvalue weighted by molar-refractivity contribution is -0.367. The maximum Gasteiger partial charge on any atom is 0.303 e. The van der Waals surface area contributed by atoms with Gasteiger partial charge in [0.1, 0.15) is 50.3 Å². The first-order valence-electron chi connectivity index (χ1n) is 20.7. The first-order valence-corrected chi connectivity index (χ1v) is 21.6. The van der Waals surface area contributed by atoms with Gasteiger partial charge < -0.3 is 71.6 Å². The van der Waals surface area contributed by atoms with Gasteiger partial charge in [-0.3, -0.25) is 52.1 Å². The van der Waals surface area contributed by atoms with E-state index in [4.69, 9.17) is 70.5 Å². The van der Waals surface area contributed by atoms with Crippen LogP contribution in [-0.4, -0.2) is 177 Å². The van der Waals surface area contributed by atoms with Crippen molar-refractivity contribution in [1.82, 2.24) is 5.32 Å². The quantitative estimate of drug-likeness (QED) is 0.0904. The van der Waals surface area contributed by atoms with E-state index in [1.165, 1.54) is 0 Å². The molecule has 0 aromatic heterocycles. The number of carbonyl (C=O) groups is 10. The topological polar surface area (TPSA) is 321 Å². The fourth-order valence-electron chi connectivity index (χ4n) is 7.07. The van der Waals surface area contributed by atoms with Crippen molar-refractivity contribution in [1.29, 1.82) is 0 Å². The van der Waals surface area contributed by atoms with Crippen molar-refractivity contribution >= 4 is 71.7 Å². The Bertz CT molecular complexity index is 1800. The summed E-state index contributed by atoms with van der Waals surface area (Å²) in [5, 5.41) is 2.57. The first-order chi connectivity index (χ1) is 31.4. The van der Waals surface area contributed by atoms with E-state index in [0.717, 1.165) is 81.3 Å². The van der Waals surface area contributed by atoms with Crippen molar-refractivity contribution in [3.05, 3.63) is 0 Å². The van der Waals surface area contributed by atoms with Gasteiger partial charge in [-0.25, -0.2) is 0 Å². The van der Waals surface area contributed by atoms with Crippen LogP contribution >= 0.6 is 12.0 Å². The van der Waals surface area contributed by atoms with Crippen LogP contribution in [0.15, 0.2) is 0 Å². The molecule has 0 saturated carbocycles. The summed E-state index contributed by atoms with van der Waals surface area (Å²) in [6.45, 7) is 10.2. The fraction of sp³-hybridized carbons (Fsp3) is 0.750. The van der Waals surface area contributed by atoms with Gasteiger partial charge in [-0.2, -0.15) is 0 Å². The molecule has 0 spiro atoms. The summed E-state index contributed by atoms with van der Waals surface area (Å²) in [5.74, 6) is -8.54. The molecular formula is C40H57NO25S. The molecule has 67 heavy (non-hydrogen) atoms. The predicted octanol–water partition coefficient (Wildman–Crippen LogP) is -0.600. The highest BCUT2D eigenvalue weighted by molar-refractivity contribution is 7.94. The summed E-state index contributed by atoms with van der Waals surface area (Å²) in [6.07, 6.45) is -23.5. The number of hydrogen-bond acceptors (Lipinski definition) is 26. The second-order valence-corrected chi connectivity index (χ2v) is 15.9. The summed E-state index contributed by atoms with van der Waals surface area (Å²) in [5.41, 5.74) is 0. The standard InChI is InChI=1S/C40H57NO25S/c1-12-67-66-40-37(35(59-24(10)50)32(56-21(7)47)28(63-40)15-54-19(5)45)65-38-29(41-16(2)42)33(57-22(8)48)30(26(61-38)13-52-17(3)43)64-39-36(60-25(11)51)34(58-23(9)49)31(55-20(6)46)27(62-39)14-53-18(4)44/h26-40H,12-15H2,1-11H3,(H,41,42)/t26-,27+,28-,29-,30-,31+,32-,33-,34-,35+,36+,37-,38+,39-,40+/m1/s1. The minimum Gasteiger partial charge on any atom is -0.463 e. The Balaban J connectivity index is 2.29. The van der Waals surface area contributed by atoms with Gasteiger partial charge >= 0.3 is 53.7 Å². The molecule has 3 rings (SSSR count). The molecule has 0 aromatic carbocycles. The smallest absolute Gasteiger partial charge is 0.303 e. The van der Waals surface area contributed by atoms with Crippen LogP contribution in [0.1, 0.15) is 76.2 Å². The van der Waals surface area contributed by atoms with Gasteiger partial charge in [-0.05, 0) is 12.0 Å². The molecule has 0 aromatic rings. The maximum atomic E-state index is 13.0. The number of hydrogen-bond donors (Lipinski definition) is 1. The van der Waals surface area contributed by atoms with Gasteiger partial charge in [0.2, 0.25) is 12.2 Å². The molecule has 3 aliphatic heterocycles. The zero-order valence-corrected chi connectivity index (χ0v) is 39.4. The zero-order valence-electron chi connectivity index (χ0n) is 38.6. The van der Waals surface area contributed by atoms with Crippen LogP contribution in [0.3, 0.4) is 0 Å².